The van der Waals surface area contributed by atoms with Crippen molar-refractivity contribution in [3.63, 3.8) is 0 Å². The molecule has 2 aromatic rings. The summed E-state index contributed by atoms with van der Waals surface area (Å²) in [5.41, 5.74) is 0.384. The number of anilines is 1. The summed E-state index contributed by atoms with van der Waals surface area (Å²) >= 11 is 1.33. The van der Waals surface area contributed by atoms with Gasteiger partial charge in [0.1, 0.15) is 36.5 Å². The Morgan fingerprint density at radius 2 is 1.45 bits per heavy atom. The molecular formula is C63H86N8O14S. The summed E-state index contributed by atoms with van der Waals surface area (Å²) in [4.78, 5) is 148. The van der Waals surface area contributed by atoms with Crippen LogP contribution in [0, 0.1) is 40.4 Å². The summed E-state index contributed by atoms with van der Waals surface area (Å²) in [7, 11) is 0. The van der Waals surface area contributed by atoms with Gasteiger partial charge >= 0.3 is 12.1 Å². The molecule has 2 heterocycles. The molecule has 8 N–H and O–H groups in total. The quantitative estimate of drug-likeness (QED) is 0.0449. The highest BCUT2D eigenvalue weighted by Gasteiger charge is 2.62. The predicted octanol–water partition coefficient (Wildman–Crippen LogP) is 5.89. The Labute approximate surface area is 507 Å². The van der Waals surface area contributed by atoms with Crippen LogP contribution in [0.15, 0.2) is 60.7 Å². The van der Waals surface area contributed by atoms with E-state index >= 15 is 0 Å². The minimum atomic E-state index is -1.61. The summed E-state index contributed by atoms with van der Waals surface area (Å²) < 4.78 is 5.76. The molecule has 0 spiro atoms. The summed E-state index contributed by atoms with van der Waals surface area (Å²) in [6.45, 7) is 15.1. The van der Waals surface area contributed by atoms with Gasteiger partial charge < -0.3 is 46.9 Å². The molecule has 3 saturated carbocycles. The zero-order chi connectivity index (χ0) is 63.0. The van der Waals surface area contributed by atoms with E-state index in [1.807, 2.05) is 26.8 Å². The minimum Gasteiger partial charge on any atom is -0.508 e. The Morgan fingerprint density at radius 3 is 2.09 bits per heavy atom. The first-order chi connectivity index (χ1) is 40.5. The number of hydrogen-bond donors (Lipinski definition) is 8. The molecule has 23 heteroatoms. The lowest BCUT2D eigenvalue weighted by atomic mass is 9.47. The maximum Gasteiger partial charge on any atom is 0.417 e. The Kier molecular flexibility index (Phi) is 21.6. The first kappa shape index (κ1) is 66.2. The maximum atomic E-state index is 14.0. The molecule has 1 unspecified atom stereocenters. The number of phenolic OH excluding ortho intramolecular Hbond substituents is 1. The molecule has 3 aliphatic carbocycles. The van der Waals surface area contributed by atoms with Gasteiger partial charge in [-0.2, -0.15) is 11.8 Å². The van der Waals surface area contributed by atoms with E-state index in [0.717, 1.165) is 32.1 Å². The molecule has 0 bridgehead atoms. The predicted molar refractivity (Wildman–Crippen MR) is 320 cm³/mol. The summed E-state index contributed by atoms with van der Waals surface area (Å²) in [6.07, 6.45) is 10.2. The SMILES string of the molecule is CSC1CC(=O)N(CCCCCC(=O)N[C@@H](Cc2ccc(O)cc2)C(=O)N[C@H](C(=O)N[C@@H](C)C(=O)N[C@@H](CC(=O)O)C(=O)Nc2ccc(COC(=O)N3C(=O)C=C[C@]4(C)[C@H]5CC[C@]6(C)[C@@H](C(=O)NC(C)(C)C)CC[C@H]6[C@@H]5CC[C@@H]34)cc2)C(C)C)C1=O. The van der Waals surface area contributed by atoms with E-state index in [-0.39, 0.29) is 89.6 Å². The van der Waals surface area contributed by atoms with Crippen molar-refractivity contribution in [2.24, 2.45) is 40.4 Å². The average Bonchev–Trinajstić information content (AvgIpc) is 1.29. The Balaban J connectivity index is 0.896. The number of carbonyl (C=O) groups excluding carboxylic acids is 10. The topological polar surface area (TPSA) is 316 Å². The monoisotopic (exact) mass is 1210 g/mol. The van der Waals surface area contributed by atoms with Crippen molar-refractivity contribution in [3.05, 3.63) is 71.8 Å². The fourth-order valence-electron chi connectivity index (χ4n) is 13.7. The lowest BCUT2D eigenvalue weighted by Gasteiger charge is -2.60. The van der Waals surface area contributed by atoms with Gasteiger partial charge in [0.05, 0.1) is 17.7 Å². The number of amides is 10. The van der Waals surface area contributed by atoms with Crippen LogP contribution in [0.4, 0.5) is 10.5 Å². The molecule has 0 aromatic heterocycles. The molecule has 12 atom stereocenters. The van der Waals surface area contributed by atoms with E-state index in [1.165, 1.54) is 58.8 Å². The third kappa shape index (κ3) is 15.8. The van der Waals surface area contributed by atoms with Gasteiger partial charge in [-0.1, -0.05) is 64.5 Å². The average molecular weight is 1210 g/mol. The number of unbranched alkanes of at least 4 members (excludes halogenated alkanes) is 2. The number of likely N-dealkylation sites (tertiary alicyclic amines) is 1. The van der Waals surface area contributed by atoms with Gasteiger partial charge in [0.2, 0.25) is 47.3 Å². The van der Waals surface area contributed by atoms with E-state index in [2.05, 4.69) is 45.7 Å². The van der Waals surface area contributed by atoms with E-state index in [4.69, 9.17) is 4.74 Å². The normalized spacial score (nSPS) is 25.6. The van der Waals surface area contributed by atoms with Crippen LogP contribution in [-0.4, -0.2) is 139 Å². The highest BCUT2D eigenvalue weighted by atomic mass is 32.2. The second-order valence-electron chi connectivity index (χ2n) is 25.8. The van der Waals surface area contributed by atoms with Gasteiger partial charge in [-0.25, -0.2) is 9.69 Å². The Hall–Kier alpha value is -7.30. The van der Waals surface area contributed by atoms with Crippen molar-refractivity contribution < 1.29 is 67.7 Å². The number of thioether (sulfide) groups is 1. The first-order valence-corrected chi connectivity index (χ1v) is 31.3. The van der Waals surface area contributed by atoms with Crippen LogP contribution in [-0.2, 0) is 65.7 Å². The number of imide groups is 2. The largest absolute Gasteiger partial charge is 0.508 e. The number of benzene rings is 2. The lowest BCUT2D eigenvalue weighted by molar-refractivity contribution is -0.142. The zero-order valence-electron chi connectivity index (χ0n) is 50.8. The molecule has 2 aromatic carbocycles. The van der Waals surface area contributed by atoms with Crippen molar-refractivity contribution in [2.75, 3.05) is 18.1 Å². The van der Waals surface area contributed by atoms with Gasteiger partial charge in [-0.05, 0) is 150 Å². The number of fused-ring (bicyclic) bond motifs is 5. The van der Waals surface area contributed by atoms with E-state index < -0.39 is 95.5 Å². The van der Waals surface area contributed by atoms with Gasteiger partial charge in [0.25, 0.3) is 5.91 Å². The number of carboxylic acid groups (broad SMARTS) is 1. The number of carbonyl (C=O) groups is 11. The summed E-state index contributed by atoms with van der Waals surface area (Å²) in [5, 5.41) is 35.4. The number of phenols is 1. The van der Waals surface area contributed by atoms with Crippen LogP contribution in [0.1, 0.15) is 144 Å². The number of nitrogens with zero attached hydrogens (tertiary/aromatic N) is 2. The van der Waals surface area contributed by atoms with Crippen LogP contribution in [0.25, 0.3) is 0 Å². The van der Waals surface area contributed by atoms with Crippen molar-refractivity contribution in [1.29, 1.82) is 0 Å². The van der Waals surface area contributed by atoms with Gasteiger partial charge in [0, 0.05) is 54.4 Å². The number of rotatable bonds is 24. The van der Waals surface area contributed by atoms with E-state index in [9.17, 15) is 63.0 Å². The van der Waals surface area contributed by atoms with Crippen molar-refractivity contribution in [2.45, 2.75) is 186 Å². The van der Waals surface area contributed by atoms with E-state index in [0.29, 0.717) is 48.6 Å². The molecule has 2 aliphatic heterocycles. The van der Waals surface area contributed by atoms with Crippen LogP contribution in [0.3, 0.4) is 0 Å². The van der Waals surface area contributed by atoms with Gasteiger partial charge in [-0.15, -0.1) is 0 Å². The van der Waals surface area contributed by atoms with E-state index in [1.54, 1.807) is 44.4 Å². The second kappa shape index (κ2) is 28.0. The number of hydrogen-bond acceptors (Lipinski definition) is 14. The van der Waals surface area contributed by atoms with Crippen molar-refractivity contribution in [3.8, 4) is 5.75 Å². The molecule has 468 valence electrons. The summed E-state index contributed by atoms with van der Waals surface area (Å²) in [5.74, 6) is -5.66. The zero-order valence-corrected chi connectivity index (χ0v) is 51.6. The van der Waals surface area contributed by atoms with Crippen molar-refractivity contribution >= 4 is 82.7 Å². The lowest BCUT2D eigenvalue weighted by Crippen LogP contribution is -2.62. The summed E-state index contributed by atoms with van der Waals surface area (Å²) in [6, 6.07) is 6.40. The Bertz CT molecular complexity index is 2930. The third-order valence-electron chi connectivity index (χ3n) is 18.3. The molecule has 4 fully saturated rings. The molecule has 22 nitrogen and oxygen atoms in total. The standard InChI is InChI=1S/C63H86N8O14S/c1-35(2)53(68-57(81)45(31-37-16-20-40(72)21-17-37)66-49(73)13-11-10-12-30-70-51(75)33-47(86-9)59(70)83)58(82)64-36(3)54(78)67-46(32-52(76)77)56(80)65-39-18-14-38(15-19-39)34-85-60(84)71-48-25-22-41-42-23-24-44(55(79)69-61(4,5)6)62(42,7)28-26-43(41)63(48,8)29-27-50(71)74/h14-21,27,29,35-36,41-48,53,72H,10-13,22-26,28,30-34H2,1-9H3,(H,64,82)(H,65,80)(H,66,73)(H,67,78)(H,68,81)(H,69,79)(H,76,77)/t36-,41-,42-,43-,44+,45-,46-,47?,48+,53-,62-,63+/m0/s1. The van der Waals surface area contributed by atoms with Crippen LogP contribution >= 0.6 is 11.8 Å². The number of aromatic hydroxyl groups is 1. The first-order valence-electron chi connectivity index (χ1n) is 30.0. The maximum absolute atomic E-state index is 14.0. The van der Waals surface area contributed by atoms with Crippen LogP contribution in [0.2, 0.25) is 0 Å². The van der Waals surface area contributed by atoms with Crippen LogP contribution in [0.5, 0.6) is 5.75 Å². The molecule has 5 aliphatic rings. The molecule has 86 heavy (non-hydrogen) atoms. The fourth-order valence-corrected chi connectivity index (χ4v) is 14.4. The molecule has 7 rings (SSSR count). The van der Waals surface area contributed by atoms with Gasteiger partial charge in [-0.3, -0.25) is 52.8 Å². The molecule has 1 saturated heterocycles. The number of nitrogens with one attached hydrogen (secondary N) is 6. The highest BCUT2D eigenvalue weighted by molar-refractivity contribution is 8.00. The highest BCUT2D eigenvalue weighted by Crippen LogP contribution is 2.65. The van der Waals surface area contributed by atoms with Crippen molar-refractivity contribution in [1.82, 2.24) is 36.4 Å². The fraction of sp³-hybridized carbons (Fsp3) is 0.603. The molecular weight excluding hydrogens is 1120 g/mol. The number of carboxylic acids is 1. The smallest absolute Gasteiger partial charge is 0.417 e. The second-order valence-corrected chi connectivity index (χ2v) is 26.8. The van der Waals surface area contributed by atoms with Gasteiger partial charge in [0.15, 0.2) is 0 Å². The Morgan fingerprint density at radius 1 is 0.767 bits per heavy atom. The number of ether oxygens (including phenoxy) is 1. The number of aliphatic carboxylic acids is 1. The molecule has 10 amide bonds. The molecule has 0 radical (unpaired) electrons. The third-order valence-corrected chi connectivity index (χ3v) is 19.2. The minimum absolute atomic E-state index is 0.0119. The van der Waals surface area contributed by atoms with Crippen LogP contribution < -0.4 is 31.9 Å².